The maximum absolute atomic E-state index is 5.83. The van der Waals surface area contributed by atoms with E-state index in [0.29, 0.717) is 21.7 Å². The lowest BCUT2D eigenvalue weighted by atomic mass is 10.2. The van der Waals surface area contributed by atoms with Crippen molar-refractivity contribution in [2.75, 3.05) is 11.1 Å². The number of halogens is 1. The Kier molecular flexibility index (Phi) is 2.53. The summed E-state index contributed by atoms with van der Waals surface area (Å²) in [6.45, 7) is 0. The van der Waals surface area contributed by atoms with Crippen LogP contribution in [0.2, 0.25) is 5.02 Å². The number of fused-ring (bicyclic) bond motifs is 1. The molecule has 0 atom stereocenters. The Morgan fingerprint density at radius 3 is 2.50 bits per heavy atom. The van der Waals surface area contributed by atoms with Crippen LogP contribution in [0, 0.1) is 0 Å². The Morgan fingerprint density at radius 2 is 1.72 bits per heavy atom. The lowest BCUT2D eigenvalue weighted by Crippen LogP contribution is -1.93. The molecule has 1 heterocycles. The van der Waals surface area contributed by atoms with Crippen LogP contribution in [0.1, 0.15) is 0 Å². The van der Waals surface area contributed by atoms with Gasteiger partial charge in [0.2, 0.25) is 0 Å². The number of nitrogens with zero attached hydrogens (tertiary/aromatic N) is 2. The van der Waals surface area contributed by atoms with Crippen molar-refractivity contribution in [2.24, 2.45) is 0 Å². The van der Waals surface area contributed by atoms with Crippen LogP contribution in [0.15, 0.2) is 41.0 Å². The number of benzene rings is 2. The highest BCUT2D eigenvalue weighted by molar-refractivity contribution is 6.30. The first kappa shape index (κ1) is 10.9. The van der Waals surface area contributed by atoms with Crippen molar-refractivity contribution in [2.45, 2.75) is 0 Å². The minimum atomic E-state index is 0.535. The van der Waals surface area contributed by atoms with Crippen molar-refractivity contribution in [1.82, 2.24) is 10.3 Å². The van der Waals surface area contributed by atoms with Crippen molar-refractivity contribution in [3.8, 4) is 0 Å². The highest BCUT2D eigenvalue weighted by atomic mass is 35.5. The van der Waals surface area contributed by atoms with Gasteiger partial charge in [-0.25, -0.2) is 4.63 Å². The number of nitrogens with two attached hydrogens (primary N) is 1. The molecule has 0 aliphatic heterocycles. The van der Waals surface area contributed by atoms with Gasteiger partial charge in [0.15, 0.2) is 11.0 Å². The first-order chi connectivity index (χ1) is 8.74. The van der Waals surface area contributed by atoms with E-state index in [2.05, 4.69) is 15.6 Å². The molecule has 3 rings (SSSR count). The molecule has 0 saturated carbocycles. The molecule has 1 aromatic heterocycles. The maximum Gasteiger partial charge on any atom is 0.160 e. The summed E-state index contributed by atoms with van der Waals surface area (Å²) in [6.07, 6.45) is 0. The molecule has 2 aromatic carbocycles. The SMILES string of the molecule is Nc1ccc(Nc2ccc(Cl)cc2)c2nonc12. The quantitative estimate of drug-likeness (QED) is 0.692. The van der Waals surface area contributed by atoms with E-state index in [1.807, 2.05) is 18.2 Å². The van der Waals surface area contributed by atoms with Crippen molar-refractivity contribution in [3.05, 3.63) is 41.4 Å². The number of rotatable bonds is 2. The van der Waals surface area contributed by atoms with Gasteiger partial charge in [0, 0.05) is 10.7 Å². The van der Waals surface area contributed by atoms with E-state index in [1.165, 1.54) is 0 Å². The van der Waals surface area contributed by atoms with E-state index in [-0.39, 0.29) is 0 Å². The molecule has 0 fully saturated rings. The first-order valence-electron chi connectivity index (χ1n) is 5.27. The predicted octanol–water partition coefficient (Wildman–Crippen LogP) is 3.20. The van der Waals surface area contributed by atoms with Crippen LogP contribution in [-0.2, 0) is 0 Å². The summed E-state index contributed by atoms with van der Waals surface area (Å²) in [5.41, 5.74) is 9.14. The van der Waals surface area contributed by atoms with Gasteiger partial charge in [0.1, 0.15) is 0 Å². The van der Waals surface area contributed by atoms with E-state index >= 15 is 0 Å². The van der Waals surface area contributed by atoms with Gasteiger partial charge in [0.25, 0.3) is 0 Å². The molecule has 6 heteroatoms. The topological polar surface area (TPSA) is 77.0 Å². The Hall–Kier alpha value is -2.27. The molecule has 0 saturated heterocycles. The number of aromatic nitrogens is 2. The molecule has 0 spiro atoms. The second kappa shape index (κ2) is 4.19. The minimum Gasteiger partial charge on any atom is -0.397 e. The third-order valence-electron chi connectivity index (χ3n) is 2.57. The second-order valence-electron chi connectivity index (χ2n) is 3.80. The van der Waals surface area contributed by atoms with E-state index in [0.717, 1.165) is 11.4 Å². The third-order valence-corrected chi connectivity index (χ3v) is 2.82. The Bertz CT molecular complexity index is 693. The van der Waals surface area contributed by atoms with Crippen LogP contribution in [0.3, 0.4) is 0 Å². The molecule has 0 aliphatic rings. The van der Waals surface area contributed by atoms with Gasteiger partial charge >= 0.3 is 0 Å². The number of hydrogen-bond acceptors (Lipinski definition) is 5. The summed E-state index contributed by atoms with van der Waals surface area (Å²) >= 11 is 5.83. The molecule has 0 unspecified atom stereocenters. The van der Waals surface area contributed by atoms with Gasteiger partial charge in [-0.3, -0.25) is 0 Å². The van der Waals surface area contributed by atoms with Crippen molar-refractivity contribution in [3.63, 3.8) is 0 Å². The Labute approximate surface area is 107 Å². The molecule has 3 N–H and O–H groups in total. The number of hydrogen-bond donors (Lipinski definition) is 2. The van der Waals surface area contributed by atoms with E-state index in [4.69, 9.17) is 22.0 Å². The van der Waals surface area contributed by atoms with E-state index < -0.39 is 0 Å². The molecule has 3 aromatic rings. The summed E-state index contributed by atoms with van der Waals surface area (Å²) in [5.74, 6) is 0. The van der Waals surface area contributed by atoms with Gasteiger partial charge in [-0.05, 0) is 46.7 Å². The standard InChI is InChI=1S/C12H9ClN4O/c13-7-1-3-8(4-2-7)15-10-6-5-9(14)11-12(10)17-18-16-11/h1-6,15H,14H2. The molecule has 18 heavy (non-hydrogen) atoms. The molecule has 5 nitrogen and oxygen atoms in total. The number of nitrogens with one attached hydrogen (secondary N) is 1. The van der Waals surface area contributed by atoms with Crippen molar-refractivity contribution in [1.29, 1.82) is 0 Å². The molecule has 90 valence electrons. The lowest BCUT2D eigenvalue weighted by Gasteiger charge is -2.06. The van der Waals surface area contributed by atoms with Gasteiger partial charge < -0.3 is 11.1 Å². The molecular weight excluding hydrogens is 252 g/mol. The van der Waals surface area contributed by atoms with Gasteiger partial charge in [-0.2, -0.15) is 0 Å². The van der Waals surface area contributed by atoms with Crippen LogP contribution < -0.4 is 11.1 Å². The number of nitrogen functional groups attached to an aromatic ring is 1. The minimum absolute atomic E-state index is 0.535. The Balaban J connectivity index is 2.02. The summed E-state index contributed by atoms with van der Waals surface area (Å²) in [5, 5.41) is 11.5. The van der Waals surface area contributed by atoms with Crippen LogP contribution in [0.5, 0.6) is 0 Å². The number of anilines is 3. The second-order valence-corrected chi connectivity index (χ2v) is 4.23. The average molecular weight is 261 g/mol. The first-order valence-corrected chi connectivity index (χ1v) is 5.65. The summed E-state index contributed by atoms with van der Waals surface area (Å²) < 4.78 is 4.70. The fourth-order valence-corrected chi connectivity index (χ4v) is 1.80. The normalized spacial score (nSPS) is 10.7. The smallest absolute Gasteiger partial charge is 0.160 e. The van der Waals surface area contributed by atoms with Crippen molar-refractivity contribution < 1.29 is 4.63 Å². The van der Waals surface area contributed by atoms with Gasteiger partial charge in [0.05, 0.1) is 11.4 Å². The molecule has 0 aliphatic carbocycles. The summed E-state index contributed by atoms with van der Waals surface area (Å²) in [6, 6.07) is 10.9. The summed E-state index contributed by atoms with van der Waals surface area (Å²) in [7, 11) is 0. The predicted molar refractivity (Wildman–Crippen MR) is 71.0 cm³/mol. The molecular formula is C12H9ClN4O. The molecule has 0 radical (unpaired) electrons. The van der Waals surface area contributed by atoms with E-state index in [1.54, 1.807) is 18.2 Å². The fourth-order valence-electron chi connectivity index (χ4n) is 1.68. The van der Waals surface area contributed by atoms with Crippen LogP contribution in [0.25, 0.3) is 11.0 Å². The largest absolute Gasteiger partial charge is 0.397 e. The van der Waals surface area contributed by atoms with Crippen molar-refractivity contribution >= 4 is 39.7 Å². The fraction of sp³-hybridized carbons (Fsp3) is 0. The van der Waals surface area contributed by atoms with Gasteiger partial charge in [-0.15, -0.1) is 0 Å². The van der Waals surface area contributed by atoms with E-state index in [9.17, 15) is 0 Å². The average Bonchev–Trinajstić information content (AvgIpc) is 2.86. The highest BCUT2D eigenvalue weighted by Gasteiger charge is 2.09. The Morgan fingerprint density at radius 1 is 1.00 bits per heavy atom. The zero-order valence-corrected chi connectivity index (χ0v) is 9.98. The summed E-state index contributed by atoms with van der Waals surface area (Å²) in [4.78, 5) is 0. The monoisotopic (exact) mass is 260 g/mol. The zero-order valence-electron chi connectivity index (χ0n) is 9.22. The van der Waals surface area contributed by atoms with Gasteiger partial charge in [-0.1, -0.05) is 11.6 Å². The molecule has 0 bridgehead atoms. The highest BCUT2D eigenvalue weighted by Crippen LogP contribution is 2.28. The lowest BCUT2D eigenvalue weighted by molar-refractivity contribution is 0.316. The molecule has 0 amide bonds. The van der Waals surface area contributed by atoms with Crippen LogP contribution in [-0.4, -0.2) is 10.3 Å². The zero-order chi connectivity index (χ0) is 12.5. The maximum atomic E-state index is 5.83. The van der Waals surface area contributed by atoms with Crippen LogP contribution in [0.4, 0.5) is 17.1 Å². The third kappa shape index (κ3) is 1.84. The van der Waals surface area contributed by atoms with Crippen LogP contribution >= 0.6 is 11.6 Å².